The van der Waals surface area contributed by atoms with Gasteiger partial charge in [0, 0.05) is 0 Å². The van der Waals surface area contributed by atoms with Crippen LogP contribution in [0, 0.1) is 0 Å². The van der Waals surface area contributed by atoms with Crippen LogP contribution in [0.4, 0.5) is 4.79 Å². The van der Waals surface area contributed by atoms with Crippen molar-refractivity contribution < 1.29 is 23.2 Å². The van der Waals surface area contributed by atoms with Crippen molar-refractivity contribution in [2.45, 2.75) is 71.0 Å². The highest BCUT2D eigenvalue weighted by molar-refractivity contribution is 6.73. The van der Waals surface area contributed by atoms with Gasteiger partial charge in [-0.2, -0.15) is 0 Å². The smallest absolute Gasteiger partial charge is 0.417 e. The van der Waals surface area contributed by atoms with Crippen LogP contribution in [0.15, 0.2) is 22.8 Å². The minimum Gasteiger partial charge on any atom is -0.467 e. The molecule has 1 aliphatic heterocycles. The molecule has 1 fully saturated rings. The number of nitrogens with zero attached hydrogens (tertiary/aromatic N) is 1. The molecule has 2 heterocycles. The highest BCUT2D eigenvalue weighted by Gasteiger charge is 2.56. The van der Waals surface area contributed by atoms with Gasteiger partial charge in [-0.3, -0.25) is 4.79 Å². The summed E-state index contributed by atoms with van der Waals surface area (Å²) in [5, 5.41) is 0. The van der Waals surface area contributed by atoms with E-state index in [-0.39, 0.29) is 12.0 Å². The van der Waals surface area contributed by atoms with E-state index in [0.717, 1.165) is 23.0 Å². The zero-order chi connectivity index (χ0) is 17.9. The lowest BCUT2D eigenvalue weighted by molar-refractivity contribution is -0.162. The molecule has 0 unspecified atom stereocenters. The van der Waals surface area contributed by atoms with Crippen molar-refractivity contribution in [2.24, 2.45) is 0 Å². The van der Waals surface area contributed by atoms with Gasteiger partial charge in [0.2, 0.25) is 0 Å². The maximum absolute atomic E-state index is 12.6. The number of imide groups is 1. The minimum atomic E-state index is -1.98. The van der Waals surface area contributed by atoms with E-state index >= 15 is 0 Å². The van der Waals surface area contributed by atoms with Crippen molar-refractivity contribution in [1.29, 1.82) is 0 Å². The van der Waals surface area contributed by atoms with Crippen molar-refractivity contribution in [3.8, 4) is 0 Å². The van der Waals surface area contributed by atoms with E-state index in [4.69, 9.17) is 13.6 Å². The number of hydrogen-bond donors (Lipinski definition) is 0. The maximum atomic E-state index is 12.6. The van der Waals surface area contributed by atoms with Gasteiger partial charge in [0.1, 0.15) is 11.8 Å². The van der Waals surface area contributed by atoms with Crippen LogP contribution in [0.2, 0.25) is 18.1 Å². The van der Waals surface area contributed by atoms with Crippen LogP contribution in [-0.4, -0.2) is 37.4 Å². The van der Waals surface area contributed by atoms with Crippen LogP contribution in [0.25, 0.3) is 0 Å². The number of likely N-dealkylation sites (tertiary alicyclic amines) is 1. The molecule has 0 N–H and O–H groups in total. The number of amides is 2. The zero-order valence-corrected chi connectivity index (χ0v) is 16.1. The monoisotopic (exact) mass is 353 g/mol. The maximum Gasteiger partial charge on any atom is 0.417 e. The highest BCUT2D eigenvalue weighted by Crippen LogP contribution is 2.41. The second-order valence-electron chi connectivity index (χ2n) is 6.38. The molecule has 0 saturated carbocycles. The van der Waals surface area contributed by atoms with Crippen molar-refractivity contribution in [3.05, 3.63) is 24.2 Å². The van der Waals surface area contributed by atoms with Gasteiger partial charge in [-0.05, 0) is 44.1 Å². The van der Waals surface area contributed by atoms with E-state index in [9.17, 15) is 9.59 Å². The van der Waals surface area contributed by atoms with Gasteiger partial charge in [-0.15, -0.1) is 0 Å². The van der Waals surface area contributed by atoms with Crippen LogP contribution < -0.4 is 0 Å². The lowest BCUT2D eigenvalue weighted by atomic mass is 9.96. The third kappa shape index (κ3) is 3.42. The Bertz CT molecular complexity index is 559. The van der Waals surface area contributed by atoms with E-state index in [0.29, 0.717) is 5.76 Å². The van der Waals surface area contributed by atoms with Crippen molar-refractivity contribution in [3.63, 3.8) is 0 Å². The molecule has 2 amide bonds. The van der Waals surface area contributed by atoms with E-state index in [1.165, 1.54) is 6.26 Å². The summed E-state index contributed by atoms with van der Waals surface area (Å²) < 4.78 is 17.0. The molecule has 1 aromatic rings. The number of ether oxygens (including phenoxy) is 1. The van der Waals surface area contributed by atoms with Crippen LogP contribution in [0.1, 0.15) is 46.4 Å². The standard InChI is InChI=1S/C17H27NO5Si/c1-6-24(7-2,8-3)23-15-14(13-10-9-11-21-13)18(16(15)19)17(20)22-12(4)5/h9-12,14-15H,6-8H2,1-5H3/t14-,15+/m0/s1. The third-order valence-electron chi connectivity index (χ3n) is 4.72. The Labute approximate surface area is 144 Å². The van der Waals surface area contributed by atoms with Crippen molar-refractivity contribution in [2.75, 3.05) is 0 Å². The molecule has 0 aliphatic carbocycles. The molecule has 6 nitrogen and oxygen atoms in total. The van der Waals surface area contributed by atoms with E-state index in [2.05, 4.69) is 20.8 Å². The molecule has 1 aromatic heterocycles. The lowest BCUT2D eigenvalue weighted by Crippen LogP contribution is -2.64. The molecule has 0 aromatic carbocycles. The average Bonchev–Trinajstić information content (AvgIpc) is 3.06. The SMILES string of the molecule is CC[Si](CC)(CC)O[C@H]1C(=O)N(C(=O)OC(C)C)[C@H]1c1ccco1. The Morgan fingerprint density at radius 1 is 1.29 bits per heavy atom. The molecule has 2 rings (SSSR count). The molecular formula is C17H27NO5Si. The Kier molecular flexibility index (Phi) is 5.87. The lowest BCUT2D eigenvalue weighted by Gasteiger charge is -2.47. The van der Waals surface area contributed by atoms with Gasteiger partial charge in [-0.25, -0.2) is 9.69 Å². The molecule has 7 heteroatoms. The predicted molar refractivity (Wildman–Crippen MR) is 92.0 cm³/mol. The van der Waals surface area contributed by atoms with Gasteiger partial charge in [0.15, 0.2) is 14.4 Å². The van der Waals surface area contributed by atoms with E-state index < -0.39 is 26.6 Å². The molecule has 0 bridgehead atoms. The highest BCUT2D eigenvalue weighted by atomic mass is 28.4. The first-order valence-corrected chi connectivity index (χ1v) is 11.2. The number of carbonyl (C=O) groups is 2. The number of furan rings is 1. The summed E-state index contributed by atoms with van der Waals surface area (Å²) in [5.74, 6) is 0.209. The summed E-state index contributed by atoms with van der Waals surface area (Å²) in [5.41, 5.74) is 0. The molecule has 1 saturated heterocycles. The third-order valence-corrected chi connectivity index (χ3v) is 9.34. The van der Waals surface area contributed by atoms with Gasteiger partial charge >= 0.3 is 6.09 Å². The van der Waals surface area contributed by atoms with Crippen LogP contribution >= 0.6 is 0 Å². The Morgan fingerprint density at radius 3 is 2.38 bits per heavy atom. The molecule has 24 heavy (non-hydrogen) atoms. The largest absolute Gasteiger partial charge is 0.467 e. The number of β-lactam (4-membered cyclic amide) rings is 1. The molecule has 2 atom stereocenters. The Hall–Kier alpha value is -1.60. The summed E-state index contributed by atoms with van der Waals surface area (Å²) in [6.45, 7) is 9.82. The molecule has 1 aliphatic rings. The topological polar surface area (TPSA) is 69.0 Å². The van der Waals surface area contributed by atoms with Gasteiger partial charge in [0.25, 0.3) is 5.91 Å². The van der Waals surface area contributed by atoms with Crippen LogP contribution in [-0.2, 0) is 14.0 Å². The van der Waals surface area contributed by atoms with Gasteiger partial charge in [-0.1, -0.05) is 20.8 Å². The Morgan fingerprint density at radius 2 is 1.92 bits per heavy atom. The first kappa shape index (κ1) is 18.7. The first-order valence-electron chi connectivity index (χ1n) is 8.64. The zero-order valence-electron chi connectivity index (χ0n) is 15.1. The minimum absolute atomic E-state index is 0.294. The van der Waals surface area contributed by atoms with Gasteiger partial charge in [0.05, 0.1) is 12.4 Å². The number of carbonyl (C=O) groups excluding carboxylic acids is 2. The van der Waals surface area contributed by atoms with Crippen molar-refractivity contribution in [1.82, 2.24) is 4.90 Å². The first-order chi connectivity index (χ1) is 11.4. The fourth-order valence-corrected chi connectivity index (χ4v) is 5.81. The predicted octanol–water partition coefficient (Wildman–Crippen LogP) is 4.10. The van der Waals surface area contributed by atoms with Crippen molar-refractivity contribution >= 4 is 20.3 Å². The van der Waals surface area contributed by atoms with E-state index in [1.54, 1.807) is 26.0 Å². The van der Waals surface area contributed by atoms with Crippen LogP contribution in [0.3, 0.4) is 0 Å². The summed E-state index contributed by atoms with van der Waals surface area (Å²) in [7, 11) is -1.98. The fourth-order valence-electron chi connectivity index (χ4n) is 3.04. The summed E-state index contributed by atoms with van der Waals surface area (Å²) in [6.07, 6.45) is -0.0704. The molecule has 0 radical (unpaired) electrons. The molecule has 0 spiro atoms. The summed E-state index contributed by atoms with van der Waals surface area (Å²) in [4.78, 5) is 26.0. The molecule has 134 valence electrons. The van der Waals surface area contributed by atoms with E-state index in [1.807, 2.05) is 0 Å². The molecular weight excluding hydrogens is 326 g/mol. The fraction of sp³-hybridized carbons (Fsp3) is 0.647. The second-order valence-corrected chi connectivity index (χ2v) is 11.1. The average molecular weight is 353 g/mol. The summed E-state index contributed by atoms with van der Waals surface area (Å²) >= 11 is 0. The quantitative estimate of drug-likeness (QED) is 0.545. The normalized spacial score (nSPS) is 21.1. The van der Waals surface area contributed by atoms with Crippen LogP contribution in [0.5, 0.6) is 0 Å². The van der Waals surface area contributed by atoms with Gasteiger partial charge < -0.3 is 13.6 Å². The summed E-state index contributed by atoms with van der Waals surface area (Å²) in [6, 6.07) is 5.76. The second kappa shape index (κ2) is 7.52. The number of hydrogen-bond acceptors (Lipinski definition) is 5. The number of rotatable bonds is 7. The Balaban J connectivity index is 2.25.